The van der Waals surface area contributed by atoms with Gasteiger partial charge < -0.3 is 15.2 Å². The summed E-state index contributed by atoms with van der Waals surface area (Å²) in [5.41, 5.74) is 6.80. The number of ether oxygens (including phenoxy) is 2. The van der Waals surface area contributed by atoms with Crippen LogP contribution in [0.25, 0.3) is 0 Å². The highest BCUT2D eigenvalue weighted by Gasteiger charge is 2.17. The molecule has 0 heterocycles. The monoisotopic (exact) mass is 297 g/mol. The molecule has 0 saturated heterocycles. The van der Waals surface area contributed by atoms with Crippen molar-refractivity contribution >= 4 is 0 Å². The highest BCUT2D eigenvalue weighted by molar-refractivity contribution is 5.42. The lowest BCUT2D eigenvalue weighted by atomic mass is 9.98. The third-order valence-electron chi connectivity index (χ3n) is 3.01. The molecule has 0 spiro atoms. The Hall–Kier alpha value is -2.21. The fraction of sp³-hybridized carbons (Fsp3) is 0.200. The van der Waals surface area contributed by atoms with Crippen LogP contribution in [-0.4, -0.2) is 13.7 Å². The van der Waals surface area contributed by atoms with Gasteiger partial charge in [0, 0.05) is 5.56 Å². The molecule has 21 heavy (non-hydrogen) atoms. The van der Waals surface area contributed by atoms with Crippen LogP contribution in [0.2, 0.25) is 0 Å². The normalized spacial score (nSPS) is 12.3. The Balaban J connectivity index is 2.35. The Morgan fingerprint density at radius 2 is 1.76 bits per heavy atom. The van der Waals surface area contributed by atoms with Crippen LogP contribution in [0, 0.1) is 5.82 Å². The molecule has 0 aliphatic heterocycles. The zero-order valence-corrected chi connectivity index (χ0v) is 11.2. The first-order valence-electron chi connectivity index (χ1n) is 6.15. The smallest absolute Gasteiger partial charge is 0.387 e. The fourth-order valence-electron chi connectivity index (χ4n) is 2.00. The van der Waals surface area contributed by atoms with Crippen molar-refractivity contribution in [2.24, 2.45) is 5.73 Å². The van der Waals surface area contributed by atoms with E-state index in [4.69, 9.17) is 10.5 Å². The molecule has 0 bridgehead atoms. The van der Waals surface area contributed by atoms with E-state index in [1.807, 2.05) is 0 Å². The fourth-order valence-corrected chi connectivity index (χ4v) is 2.00. The second kappa shape index (κ2) is 6.49. The van der Waals surface area contributed by atoms with Gasteiger partial charge in [0.25, 0.3) is 0 Å². The SMILES string of the molecule is COc1ccc(C(N)c2ccccc2OC(F)F)cc1F. The van der Waals surface area contributed by atoms with E-state index in [0.29, 0.717) is 11.1 Å². The lowest BCUT2D eigenvalue weighted by Gasteiger charge is -2.17. The lowest BCUT2D eigenvalue weighted by molar-refractivity contribution is -0.0505. The van der Waals surface area contributed by atoms with E-state index in [1.54, 1.807) is 24.3 Å². The maximum absolute atomic E-state index is 13.7. The quantitative estimate of drug-likeness (QED) is 0.919. The second-order valence-corrected chi connectivity index (χ2v) is 4.29. The molecule has 6 heteroatoms. The standard InChI is InChI=1S/C15H14F3NO2/c1-20-13-7-6-9(8-11(13)16)14(19)10-4-2-3-5-12(10)21-15(17)18/h2-8,14-15H,19H2,1H3. The average Bonchev–Trinajstić information content (AvgIpc) is 2.46. The Labute approximate surface area is 120 Å². The molecular weight excluding hydrogens is 283 g/mol. The highest BCUT2D eigenvalue weighted by Crippen LogP contribution is 2.31. The topological polar surface area (TPSA) is 44.5 Å². The second-order valence-electron chi connectivity index (χ2n) is 4.29. The molecule has 0 aromatic heterocycles. The first-order valence-corrected chi connectivity index (χ1v) is 6.15. The summed E-state index contributed by atoms with van der Waals surface area (Å²) >= 11 is 0. The van der Waals surface area contributed by atoms with Crippen molar-refractivity contribution < 1.29 is 22.6 Å². The number of nitrogens with two attached hydrogens (primary N) is 1. The first-order chi connectivity index (χ1) is 10.0. The van der Waals surface area contributed by atoms with Gasteiger partial charge in [0.05, 0.1) is 13.2 Å². The molecule has 1 atom stereocenters. The molecule has 1 unspecified atom stereocenters. The van der Waals surface area contributed by atoms with Crippen molar-refractivity contribution in [3.8, 4) is 11.5 Å². The molecule has 2 aromatic carbocycles. The van der Waals surface area contributed by atoms with Crippen LogP contribution in [-0.2, 0) is 0 Å². The predicted octanol–water partition coefficient (Wildman–Crippen LogP) is 3.48. The molecule has 0 radical (unpaired) electrons. The minimum absolute atomic E-state index is 0.0313. The van der Waals surface area contributed by atoms with Gasteiger partial charge in [-0.05, 0) is 23.8 Å². The van der Waals surface area contributed by atoms with Gasteiger partial charge in [-0.25, -0.2) is 4.39 Å². The summed E-state index contributed by atoms with van der Waals surface area (Å²) < 4.78 is 47.7. The summed E-state index contributed by atoms with van der Waals surface area (Å²) in [6, 6.07) is 9.58. The van der Waals surface area contributed by atoms with Gasteiger partial charge in [-0.3, -0.25) is 0 Å². The molecule has 0 amide bonds. The molecule has 112 valence electrons. The van der Waals surface area contributed by atoms with E-state index >= 15 is 0 Å². The number of rotatable bonds is 5. The highest BCUT2D eigenvalue weighted by atomic mass is 19.3. The van der Waals surface area contributed by atoms with Crippen LogP contribution in [0.4, 0.5) is 13.2 Å². The Morgan fingerprint density at radius 1 is 1.05 bits per heavy atom. The maximum Gasteiger partial charge on any atom is 0.387 e. The number of benzene rings is 2. The number of halogens is 3. The number of para-hydroxylation sites is 1. The summed E-state index contributed by atoms with van der Waals surface area (Å²) in [6.07, 6.45) is 0. The minimum Gasteiger partial charge on any atom is -0.494 e. The molecule has 2 rings (SSSR count). The summed E-state index contributed by atoms with van der Waals surface area (Å²) in [5.74, 6) is -0.517. The number of hydrogen-bond acceptors (Lipinski definition) is 3. The molecule has 0 aliphatic rings. The van der Waals surface area contributed by atoms with Crippen molar-refractivity contribution in [2.45, 2.75) is 12.7 Å². The number of alkyl halides is 2. The van der Waals surface area contributed by atoms with Crippen LogP contribution in [0.15, 0.2) is 42.5 Å². The molecule has 0 fully saturated rings. The third kappa shape index (κ3) is 3.46. The van der Waals surface area contributed by atoms with Crippen LogP contribution in [0.1, 0.15) is 17.2 Å². The number of hydrogen-bond donors (Lipinski definition) is 1. The lowest BCUT2D eigenvalue weighted by Crippen LogP contribution is -2.15. The van der Waals surface area contributed by atoms with Gasteiger partial charge >= 0.3 is 6.61 Å². The van der Waals surface area contributed by atoms with Crippen molar-refractivity contribution in [3.05, 3.63) is 59.4 Å². The van der Waals surface area contributed by atoms with Gasteiger partial charge in [0.1, 0.15) is 5.75 Å². The summed E-state index contributed by atoms with van der Waals surface area (Å²) in [4.78, 5) is 0. The van der Waals surface area contributed by atoms with E-state index < -0.39 is 18.5 Å². The van der Waals surface area contributed by atoms with Crippen molar-refractivity contribution in [1.82, 2.24) is 0 Å². The van der Waals surface area contributed by atoms with Gasteiger partial charge in [-0.15, -0.1) is 0 Å². The van der Waals surface area contributed by atoms with E-state index in [1.165, 1.54) is 25.3 Å². The molecular formula is C15H14F3NO2. The molecule has 0 aliphatic carbocycles. The maximum atomic E-state index is 13.7. The minimum atomic E-state index is -2.95. The van der Waals surface area contributed by atoms with Crippen molar-refractivity contribution in [2.75, 3.05) is 7.11 Å². The zero-order chi connectivity index (χ0) is 15.4. The van der Waals surface area contributed by atoms with Gasteiger partial charge in [-0.1, -0.05) is 24.3 Å². The van der Waals surface area contributed by atoms with Crippen LogP contribution in [0.5, 0.6) is 11.5 Å². The van der Waals surface area contributed by atoms with Crippen molar-refractivity contribution in [3.63, 3.8) is 0 Å². The Bertz CT molecular complexity index is 620. The van der Waals surface area contributed by atoms with Crippen LogP contribution >= 0.6 is 0 Å². The third-order valence-corrected chi connectivity index (χ3v) is 3.01. The van der Waals surface area contributed by atoms with Crippen LogP contribution < -0.4 is 15.2 Å². The van der Waals surface area contributed by atoms with Gasteiger partial charge in [-0.2, -0.15) is 8.78 Å². The molecule has 2 aromatic rings. The van der Waals surface area contributed by atoms with Gasteiger partial charge in [0.15, 0.2) is 11.6 Å². The van der Waals surface area contributed by atoms with E-state index in [9.17, 15) is 13.2 Å². The van der Waals surface area contributed by atoms with Gasteiger partial charge in [0.2, 0.25) is 0 Å². The molecule has 3 nitrogen and oxygen atoms in total. The van der Waals surface area contributed by atoms with E-state index in [2.05, 4.69) is 4.74 Å². The predicted molar refractivity (Wildman–Crippen MR) is 72.1 cm³/mol. The summed E-state index contributed by atoms with van der Waals surface area (Å²) in [6.45, 7) is -2.95. The largest absolute Gasteiger partial charge is 0.494 e. The molecule has 2 N–H and O–H groups in total. The Morgan fingerprint density at radius 3 is 2.38 bits per heavy atom. The molecule has 0 saturated carbocycles. The van der Waals surface area contributed by atoms with Crippen molar-refractivity contribution in [1.29, 1.82) is 0 Å². The zero-order valence-electron chi connectivity index (χ0n) is 11.2. The summed E-state index contributed by atoms with van der Waals surface area (Å²) in [7, 11) is 1.35. The Kier molecular flexibility index (Phi) is 4.70. The first kappa shape index (κ1) is 15.2. The van der Waals surface area contributed by atoms with Crippen LogP contribution in [0.3, 0.4) is 0 Å². The van der Waals surface area contributed by atoms with E-state index in [0.717, 1.165) is 0 Å². The number of methoxy groups -OCH3 is 1. The summed E-state index contributed by atoms with van der Waals surface area (Å²) in [5, 5.41) is 0. The van der Waals surface area contributed by atoms with E-state index in [-0.39, 0.29) is 11.5 Å². The average molecular weight is 297 g/mol.